The van der Waals surface area contributed by atoms with Crippen molar-refractivity contribution in [2.45, 2.75) is 46.8 Å². The first-order valence-electron chi connectivity index (χ1n) is 9.79. The number of aromatic nitrogens is 1. The quantitative estimate of drug-likeness (QED) is 0.201. The summed E-state index contributed by atoms with van der Waals surface area (Å²) < 4.78 is 5.08. The van der Waals surface area contributed by atoms with Gasteiger partial charge < -0.3 is 20.5 Å². The summed E-state index contributed by atoms with van der Waals surface area (Å²) in [6.45, 7) is 10.8. The molecule has 1 heterocycles. The van der Waals surface area contributed by atoms with Crippen LogP contribution in [0, 0.1) is 13.8 Å². The molecule has 0 aliphatic carbocycles. The lowest BCUT2D eigenvalue weighted by Gasteiger charge is -2.17. The summed E-state index contributed by atoms with van der Waals surface area (Å²) in [5.41, 5.74) is 2.60. The fourth-order valence-corrected chi connectivity index (χ4v) is 3.70. The van der Waals surface area contributed by atoms with E-state index in [1.807, 2.05) is 45.0 Å². The number of nitrogens with one attached hydrogen (secondary N) is 2. The number of aryl methyl sites for hydroxylation is 2. The van der Waals surface area contributed by atoms with Gasteiger partial charge in [0.15, 0.2) is 5.96 Å². The van der Waals surface area contributed by atoms with Crippen molar-refractivity contribution in [2.24, 2.45) is 4.99 Å². The number of esters is 1. The van der Waals surface area contributed by atoms with Crippen LogP contribution in [0.4, 0.5) is 0 Å². The van der Waals surface area contributed by atoms with Crippen molar-refractivity contribution in [1.29, 1.82) is 0 Å². The number of carbonyl (C=O) groups is 1. The average Bonchev–Trinajstić information content (AvgIpc) is 3.08. The summed E-state index contributed by atoms with van der Waals surface area (Å²) in [7, 11) is 0. The fourth-order valence-electron chi connectivity index (χ4n) is 2.74. The minimum Gasteiger partial charge on any atom is -0.462 e. The van der Waals surface area contributed by atoms with Gasteiger partial charge in [0.25, 0.3) is 0 Å². The van der Waals surface area contributed by atoms with Gasteiger partial charge in [-0.15, -0.1) is 35.3 Å². The Balaban J connectivity index is 0.00000450. The van der Waals surface area contributed by atoms with E-state index in [9.17, 15) is 9.90 Å². The van der Waals surface area contributed by atoms with Gasteiger partial charge in [-0.2, -0.15) is 0 Å². The van der Waals surface area contributed by atoms with E-state index in [0.29, 0.717) is 29.7 Å². The van der Waals surface area contributed by atoms with Crippen LogP contribution >= 0.6 is 35.3 Å². The lowest BCUT2D eigenvalue weighted by molar-refractivity contribution is 0.0531. The van der Waals surface area contributed by atoms with Crippen LogP contribution in [0.5, 0.6) is 0 Å². The molecule has 2 unspecified atom stereocenters. The van der Waals surface area contributed by atoms with Gasteiger partial charge in [0.05, 0.1) is 31.0 Å². The zero-order valence-electron chi connectivity index (χ0n) is 18.1. The van der Waals surface area contributed by atoms with Crippen LogP contribution in [-0.2, 0) is 4.74 Å². The Morgan fingerprint density at radius 3 is 2.70 bits per heavy atom. The number of hydrogen-bond donors (Lipinski definition) is 3. The first kappa shape index (κ1) is 26.3. The van der Waals surface area contributed by atoms with E-state index in [1.165, 1.54) is 11.3 Å². The number of aliphatic hydroxyl groups excluding tert-OH is 1. The molecule has 2 atom stereocenters. The predicted octanol–water partition coefficient (Wildman–Crippen LogP) is 3.90. The second kappa shape index (κ2) is 12.9. The molecular weight excluding hydrogens is 515 g/mol. The van der Waals surface area contributed by atoms with Gasteiger partial charge >= 0.3 is 5.97 Å². The smallest absolute Gasteiger partial charge is 0.350 e. The Labute approximate surface area is 199 Å². The highest BCUT2D eigenvalue weighted by Gasteiger charge is 2.20. The Morgan fingerprint density at radius 2 is 2.07 bits per heavy atom. The summed E-state index contributed by atoms with van der Waals surface area (Å²) in [5.74, 6) is 0.236. The van der Waals surface area contributed by atoms with Crippen molar-refractivity contribution in [3.8, 4) is 0 Å². The molecule has 1 aromatic heterocycles. The van der Waals surface area contributed by atoms with Gasteiger partial charge in [-0.05, 0) is 40.2 Å². The van der Waals surface area contributed by atoms with Crippen LogP contribution in [0.2, 0.25) is 0 Å². The van der Waals surface area contributed by atoms with E-state index in [2.05, 4.69) is 20.6 Å². The molecule has 7 nitrogen and oxygen atoms in total. The zero-order chi connectivity index (χ0) is 21.4. The highest BCUT2D eigenvalue weighted by molar-refractivity contribution is 14.0. The third-order valence-corrected chi connectivity index (χ3v) is 5.51. The molecule has 2 rings (SSSR count). The largest absolute Gasteiger partial charge is 0.462 e. The number of halogens is 1. The number of aliphatic hydroxyl groups is 1. The normalized spacial score (nSPS) is 13.2. The number of benzene rings is 1. The van der Waals surface area contributed by atoms with Crippen molar-refractivity contribution in [1.82, 2.24) is 15.6 Å². The first-order valence-corrected chi connectivity index (χ1v) is 10.6. The third kappa shape index (κ3) is 7.51. The van der Waals surface area contributed by atoms with Crippen LogP contribution < -0.4 is 10.6 Å². The molecule has 0 amide bonds. The van der Waals surface area contributed by atoms with Gasteiger partial charge in [0, 0.05) is 6.54 Å². The van der Waals surface area contributed by atoms with Crippen molar-refractivity contribution in [3.05, 3.63) is 51.0 Å². The van der Waals surface area contributed by atoms with Crippen LogP contribution in [0.3, 0.4) is 0 Å². The molecule has 0 saturated heterocycles. The molecule has 1 aromatic carbocycles. The second-order valence-electron chi connectivity index (χ2n) is 6.70. The predicted molar refractivity (Wildman–Crippen MR) is 132 cm³/mol. The molecule has 0 radical (unpaired) electrons. The maximum atomic E-state index is 12.0. The van der Waals surface area contributed by atoms with Gasteiger partial charge in [-0.3, -0.25) is 4.99 Å². The number of nitrogens with zero attached hydrogens (tertiary/aromatic N) is 2. The van der Waals surface area contributed by atoms with E-state index in [0.717, 1.165) is 16.1 Å². The van der Waals surface area contributed by atoms with Crippen molar-refractivity contribution in [2.75, 3.05) is 19.7 Å². The van der Waals surface area contributed by atoms with Gasteiger partial charge in [0.1, 0.15) is 9.88 Å². The first-order chi connectivity index (χ1) is 13.8. The molecule has 0 fully saturated rings. The van der Waals surface area contributed by atoms with Gasteiger partial charge in [-0.1, -0.05) is 29.8 Å². The number of thiazole rings is 1. The molecule has 9 heteroatoms. The van der Waals surface area contributed by atoms with Crippen molar-refractivity contribution < 1.29 is 14.6 Å². The summed E-state index contributed by atoms with van der Waals surface area (Å²) in [6.07, 6.45) is -0.682. The van der Waals surface area contributed by atoms with Crippen LogP contribution in [0.15, 0.2) is 29.3 Å². The zero-order valence-corrected chi connectivity index (χ0v) is 21.2. The summed E-state index contributed by atoms with van der Waals surface area (Å²) in [4.78, 5) is 21.6. The Kier molecular flexibility index (Phi) is 11.3. The van der Waals surface area contributed by atoms with Gasteiger partial charge in [-0.25, -0.2) is 9.78 Å². The highest BCUT2D eigenvalue weighted by Crippen LogP contribution is 2.24. The fraction of sp³-hybridized carbons (Fsp3) is 0.476. The molecule has 0 spiro atoms. The molecule has 166 valence electrons. The molecule has 3 N–H and O–H groups in total. The van der Waals surface area contributed by atoms with E-state index in [4.69, 9.17) is 4.74 Å². The molecule has 0 saturated carbocycles. The van der Waals surface area contributed by atoms with Crippen LogP contribution in [0.1, 0.15) is 64.4 Å². The average molecular weight is 546 g/mol. The minimum absolute atomic E-state index is 0. The Hall–Kier alpha value is -1.72. The summed E-state index contributed by atoms with van der Waals surface area (Å²) >= 11 is 1.32. The van der Waals surface area contributed by atoms with Crippen LogP contribution in [-0.4, -0.2) is 41.7 Å². The molecule has 0 aliphatic rings. The van der Waals surface area contributed by atoms with Crippen molar-refractivity contribution in [3.63, 3.8) is 0 Å². The van der Waals surface area contributed by atoms with E-state index in [-0.39, 0.29) is 42.5 Å². The minimum atomic E-state index is -0.682. The number of hydrogen-bond acceptors (Lipinski definition) is 6. The Bertz CT molecular complexity index is 857. The molecule has 30 heavy (non-hydrogen) atoms. The lowest BCUT2D eigenvalue weighted by Crippen LogP contribution is -2.39. The molecule has 0 aliphatic heterocycles. The topological polar surface area (TPSA) is 95.8 Å². The molecular formula is C21H31IN4O3S. The van der Waals surface area contributed by atoms with Crippen LogP contribution in [0.25, 0.3) is 0 Å². The summed E-state index contributed by atoms with van der Waals surface area (Å²) in [6, 6.07) is 7.61. The van der Waals surface area contributed by atoms with E-state index >= 15 is 0 Å². The number of ether oxygens (including phenoxy) is 1. The number of guanidine groups is 1. The van der Waals surface area contributed by atoms with Crippen molar-refractivity contribution >= 4 is 47.2 Å². The van der Waals surface area contributed by atoms with E-state index < -0.39 is 6.10 Å². The maximum absolute atomic E-state index is 12.0. The molecule has 2 aromatic rings. The standard InChI is InChI=1S/C21H30N4O3S.HI/c1-6-22-21(23-12-17(26)16-10-8-9-13(3)11-16)25-15(5)19-24-14(4)18(29-19)20(27)28-7-2;/h8-11,15,17,26H,6-7,12H2,1-5H3,(H2,22,23,25);1H. The second-order valence-corrected chi connectivity index (χ2v) is 7.73. The SMILES string of the molecule is CCNC(=NCC(O)c1cccc(C)c1)NC(C)c1nc(C)c(C(=O)OCC)s1.I. The van der Waals surface area contributed by atoms with E-state index in [1.54, 1.807) is 13.8 Å². The maximum Gasteiger partial charge on any atom is 0.350 e. The highest BCUT2D eigenvalue weighted by atomic mass is 127. The summed E-state index contributed by atoms with van der Waals surface area (Å²) in [5, 5.41) is 17.7. The van der Waals surface area contributed by atoms with Gasteiger partial charge in [0.2, 0.25) is 0 Å². The monoisotopic (exact) mass is 546 g/mol. The Morgan fingerprint density at radius 1 is 1.33 bits per heavy atom. The number of carbonyl (C=O) groups excluding carboxylic acids is 1. The molecule has 0 bridgehead atoms. The third-order valence-electron chi connectivity index (χ3n) is 4.19. The lowest BCUT2D eigenvalue weighted by atomic mass is 10.1. The number of rotatable bonds is 8. The number of aliphatic imine (C=N–C) groups is 1.